The molecule has 0 bridgehead atoms. The van der Waals surface area contributed by atoms with E-state index in [1.165, 1.54) is 6.20 Å². The highest BCUT2D eigenvalue weighted by atomic mass is 79.9. The van der Waals surface area contributed by atoms with E-state index in [0.29, 0.717) is 29.6 Å². The van der Waals surface area contributed by atoms with Crippen LogP contribution in [0.2, 0.25) is 0 Å². The van der Waals surface area contributed by atoms with Gasteiger partial charge in [-0.05, 0) is 38.5 Å². The molecule has 0 unspecified atom stereocenters. The fourth-order valence-corrected chi connectivity index (χ4v) is 5.92. The third-order valence-electron chi connectivity index (χ3n) is 9.58. The van der Waals surface area contributed by atoms with E-state index >= 15 is 0 Å². The molecule has 0 atom stereocenters. The summed E-state index contributed by atoms with van der Waals surface area (Å²) in [7, 11) is 0. The van der Waals surface area contributed by atoms with Crippen molar-refractivity contribution in [1.29, 1.82) is 0 Å². The van der Waals surface area contributed by atoms with Gasteiger partial charge < -0.3 is 81.7 Å². The third-order valence-corrected chi connectivity index (χ3v) is 9.58. The molecule has 18 nitrogen and oxygen atoms in total. The van der Waals surface area contributed by atoms with Gasteiger partial charge in [0.25, 0.3) is 0 Å². The van der Waals surface area contributed by atoms with Gasteiger partial charge in [-0.1, -0.05) is 36.9 Å². The Bertz CT molecular complexity index is 1980. The molecule has 0 fully saturated rings. The fraction of sp³-hybridized carbons (Fsp3) is 0.632. The zero-order valence-electron chi connectivity index (χ0n) is 37.1. The summed E-state index contributed by atoms with van der Waals surface area (Å²) in [6.07, 6.45) is 5.85. The number of quaternary nitrogens is 2. The molecule has 66 heavy (non-hydrogen) atoms. The topological polar surface area (TPSA) is 244 Å². The fourth-order valence-electron chi connectivity index (χ4n) is 5.92. The average molecular weight is 1120 g/mol. The Hall–Kier alpha value is -3.98. The van der Waals surface area contributed by atoms with Gasteiger partial charge in [-0.3, -0.25) is 9.59 Å². The van der Waals surface area contributed by atoms with Gasteiger partial charge in [0.15, 0.2) is 23.0 Å². The Morgan fingerprint density at radius 1 is 0.606 bits per heavy atom. The number of nitrogen functional groups attached to an aromatic ring is 2. The lowest BCUT2D eigenvalue weighted by atomic mass is 10.1. The number of nitrogens with zero attached hydrogens (tertiary/aromatic N) is 12. The number of aromatic nitrogens is 8. The lowest BCUT2D eigenvalue weighted by molar-refractivity contribution is -0.686. The molecular formula is C38H62Br2Cl2F6N16O2. The first-order chi connectivity index (χ1) is 29.5. The van der Waals surface area contributed by atoms with Crippen molar-refractivity contribution < 1.29 is 115 Å². The number of azo groups is 2. The molecule has 0 aromatic carbocycles. The van der Waals surface area contributed by atoms with Crippen molar-refractivity contribution in [3.05, 3.63) is 37.2 Å². The molecule has 0 aliphatic rings. The standard InChI is InChI=1S/C22H29F6N7O2.C16H29N9.2BrH.2ClH/c1-2-3-12-35-19(29)16(15-30-35)31-32-20-33(10-6-4-8-17(36)21(23,24)25)13-14-34(20)11-7-5-9-18(37)22(26,27)28;1-2-3-10-25-15(19)14(13-20-25)21-22-16-23(8-4-6-17)11-12-24(16)9-5-7-18;;;;/h13-15,29H,2-12H2,1H3;11-13,19H,2-10,17-18H2,1H3;4*1H. The summed E-state index contributed by atoms with van der Waals surface area (Å²) >= 11 is 0. The molecule has 10 N–H and O–H groups in total. The molecule has 0 saturated carbocycles. The molecule has 0 radical (unpaired) electrons. The molecule has 0 saturated heterocycles. The van der Waals surface area contributed by atoms with Crippen LogP contribution in [0.3, 0.4) is 0 Å². The SMILES string of the molecule is CCCCn1ncc(N=Nc2n(CCCCC(=O)C(F)(F)F)cc[n+]2CCCCC(=O)C(F)(F)F)c1N.CCCCn1ncc(N=Nc2n(CCC[NH3+])cc[n+]2CCC[NH3+])c1N.[Br-].[Br-].[Cl-].[Cl-]. The number of alkyl halides is 6. The van der Waals surface area contributed by atoms with E-state index < -0.39 is 36.8 Å². The van der Waals surface area contributed by atoms with Crippen molar-refractivity contribution in [2.45, 2.75) is 143 Å². The number of aryl methyl sites for hydroxylation is 6. The lowest BCUT2D eigenvalue weighted by Gasteiger charge is -2.05. The van der Waals surface area contributed by atoms with Crippen LogP contribution in [-0.4, -0.2) is 65.7 Å². The molecule has 4 heterocycles. The molecule has 4 aromatic rings. The Labute approximate surface area is 413 Å². The molecule has 0 aliphatic carbocycles. The number of rotatable bonds is 26. The van der Waals surface area contributed by atoms with Crippen LogP contribution in [0.4, 0.5) is 61.2 Å². The summed E-state index contributed by atoms with van der Waals surface area (Å²) in [6, 6.07) is 0. The van der Waals surface area contributed by atoms with E-state index in [1.54, 1.807) is 37.1 Å². The second-order valence-electron chi connectivity index (χ2n) is 14.5. The summed E-state index contributed by atoms with van der Waals surface area (Å²) in [5, 5.41) is 25.7. The molecule has 28 heteroatoms. The highest BCUT2D eigenvalue weighted by molar-refractivity contribution is 5.84. The third kappa shape index (κ3) is 20.9. The first-order valence-electron chi connectivity index (χ1n) is 21.0. The number of ketones is 2. The van der Waals surface area contributed by atoms with Gasteiger partial charge in [0.05, 0.1) is 76.4 Å². The van der Waals surface area contributed by atoms with Gasteiger partial charge in [-0.2, -0.15) is 36.5 Å². The van der Waals surface area contributed by atoms with Crippen LogP contribution in [0, 0.1) is 0 Å². The predicted octanol–water partition coefficient (Wildman–Crippen LogP) is -6.58. The summed E-state index contributed by atoms with van der Waals surface area (Å²) < 4.78 is 85.3. The summed E-state index contributed by atoms with van der Waals surface area (Å²) in [4.78, 5) is 22.2. The minimum absolute atomic E-state index is 0. The lowest BCUT2D eigenvalue weighted by Crippen LogP contribution is -3.00. The largest absolute Gasteiger partial charge is 1.00 e. The van der Waals surface area contributed by atoms with E-state index in [9.17, 15) is 35.9 Å². The van der Waals surface area contributed by atoms with E-state index in [0.717, 1.165) is 77.2 Å². The Morgan fingerprint density at radius 3 is 1.39 bits per heavy atom. The highest BCUT2D eigenvalue weighted by Crippen LogP contribution is 2.26. The van der Waals surface area contributed by atoms with Gasteiger partial charge in [-0.15, -0.1) is 0 Å². The number of nitrogens with two attached hydrogens (primary N) is 2. The minimum atomic E-state index is -4.87. The molecule has 0 spiro atoms. The minimum Gasteiger partial charge on any atom is -1.00 e. The number of anilines is 2. The molecule has 376 valence electrons. The first kappa shape index (κ1) is 64.1. The normalized spacial score (nSPS) is 11.4. The van der Waals surface area contributed by atoms with Gasteiger partial charge >= 0.3 is 24.2 Å². The molecule has 0 aliphatic heterocycles. The van der Waals surface area contributed by atoms with Crippen LogP contribution < -0.4 is 90.8 Å². The second-order valence-corrected chi connectivity index (χ2v) is 14.5. The van der Waals surface area contributed by atoms with E-state index in [4.69, 9.17) is 11.5 Å². The van der Waals surface area contributed by atoms with E-state index in [2.05, 4.69) is 58.2 Å². The second kappa shape index (κ2) is 32.7. The molecule has 4 rings (SSSR count). The van der Waals surface area contributed by atoms with Crippen LogP contribution in [0.15, 0.2) is 57.6 Å². The van der Waals surface area contributed by atoms with Crippen LogP contribution in [0.25, 0.3) is 0 Å². The number of hydrogen-bond acceptors (Lipinski definition) is 10. The van der Waals surface area contributed by atoms with E-state index in [-0.39, 0.29) is 103 Å². The molecule has 0 amide bonds. The van der Waals surface area contributed by atoms with Crippen LogP contribution >= 0.6 is 0 Å². The van der Waals surface area contributed by atoms with Crippen molar-refractivity contribution in [3.63, 3.8) is 0 Å². The first-order valence-corrected chi connectivity index (χ1v) is 21.0. The number of unbranched alkanes of at least 4 members (excludes halogenated alkanes) is 4. The Kier molecular flexibility index (Phi) is 31.7. The summed E-state index contributed by atoms with van der Waals surface area (Å²) in [6.45, 7) is 9.56. The monoisotopic (exact) mass is 1120 g/mol. The molecule has 4 aromatic heterocycles. The quantitative estimate of drug-likeness (QED) is 0.0206. The zero-order valence-corrected chi connectivity index (χ0v) is 41.8. The maximum atomic E-state index is 12.4. The average Bonchev–Trinajstić information content (AvgIpc) is 4.00. The molecular weight excluding hydrogens is 1060 g/mol. The van der Waals surface area contributed by atoms with Gasteiger partial charge in [0, 0.05) is 49.0 Å². The van der Waals surface area contributed by atoms with Crippen molar-refractivity contribution >= 4 is 46.5 Å². The Balaban J connectivity index is 0. The summed E-state index contributed by atoms with van der Waals surface area (Å²) in [5.74, 6) is -1.61. The van der Waals surface area contributed by atoms with Gasteiger partial charge in [0.2, 0.25) is 11.6 Å². The van der Waals surface area contributed by atoms with Crippen LogP contribution in [0.1, 0.15) is 90.9 Å². The maximum Gasteiger partial charge on any atom is 0.449 e. The zero-order chi connectivity index (χ0) is 45.7. The van der Waals surface area contributed by atoms with Gasteiger partial charge in [-0.25, -0.2) is 27.6 Å². The van der Waals surface area contributed by atoms with Crippen molar-refractivity contribution in [2.24, 2.45) is 20.5 Å². The van der Waals surface area contributed by atoms with E-state index in [1.807, 2.05) is 19.3 Å². The van der Waals surface area contributed by atoms with Crippen molar-refractivity contribution in [3.8, 4) is 0 Å². The number of imidazole rings is 2. The number of Topliss-reactive ketones (excluding diaryl/α,β-unsaturated/α-hetero) is 2. The van der Waals surface area contributed by atoms with Gasteiger partial charge in [0.1, 0.15) is 0 Å². The van der Waals surface area contributed by atoms with Crippen LogP contribution in [-0.2, 0) is 48.9 Å². The summed E-state index contributed by atoms with van der Waals surface area (Å²) in [5.41, 5.74) is 20.9. The number of carbonyl (C=O) groups excluding carboxylic acids is 2. The highest BCUT2D eigenvalue weighted by Gasteiger charge is 2.38. The van der Waals surface area contributed by atoms with Crippen LogP contribution in [0.5, 0.6) is 0 Å². The number of halogens is 10. The maximum absolute atomic E-state index is 12.4. The number of hydrogen-bond donors (Lipinski definition) is 4. The van der Waals surface area contributed by atoms with Crippen molar-refractivity contribution in [1.82, 2.24) is 28.7 Å². The Morgan fingerprint density at radius 2 is 1.00 bits per heavy atom. The smallest absolute Gasteiger partial charge is 0.449 e. The number of carbonyl (C=O) groups is 2. The van der Waals surface area contributed by atoms with Crippen molar-refractivity contribution in [2.75, 3.05) is 24.6 Å². The predicted molar refractivity (Wildman–Crippen MR) is 215 cm³/mol.